The second-order valence-corrected chi connectivity index (χ2v) is 8.13. The number of halogens is 1. The molecule has 2 aromatic rings. The van der Waals surface area contributed by atoms with Gasteiger partial charge in [-0.1, -0.05) is 41.9 Å². The maximum absolute atomic E-state index is 14.2. The number of Topliss-reactive ketones (excluding diaryl/α,β-unsaturated/α-hetero) is 1. The van der Waals surface area contributed by atoms with Crippen molar-refractivity contribution in [1.82, 2.24) is 0 Å². The minimum absolute atomic E-state index is 0.0846. The minimum atomic E-state index is -1.84. The van der Waals surface area contributed by atoms with Gasteiger partial charge in [0.1, 0.15) is 22.8 Å². The van der Waals surface area contributed by atoms with Crippen molar-refractivity contribution in [2.75, 3.05) is 4.90 Å². The predicted octanol–water partition coefficient (Wildman–Crippen LogP) is 3.50. The monoisotopic (exact) mass is 445 g/mol. The van der Waals surface area contributed by atoms with E-state index in [9.17, 15) is 19.6 Å². The molecule has 0 aromatic heterocycles. The zero-order valence-corrected chi connectivity index (χ0v) is 17.5. The van der Waals surface area contributed by atoms with E-state index in [2.05, 4.69) is 0 Å². The largest absolute Gasteiger partial charge is 0.444 e. The highest BCUT2D eigenvalue weighted by atomic mass is 35.5. The van der Waals surface area contributed by atoms with Crippen LogP contribution in [0.25, 0.3) is 0 Å². The lowest BCUT2D eigenvalue weighted by molar-refractivity contribution is -0.124. The normalized spacial score (nSPS) is 21.9. The molecule has 2 amide bonds. The van der Waals surface area contributed by atoms with Crippen LogP contribution >= 0.6 is 11.6 Å². The van der Waals surface area contributed by atoms with E-state index in [1.165, 1.54) is 6.07 Å². The number of imide groups is 1. The summed E-state index contributed by atoms with van der Waals surface area (Å²) in [7, 11) is 0. The number of rotatable bonds is 1. The summed E-state index contributed by atoms with van der Waals surface area (Å²) in [5.41, 5.74) is 4.88. The number of carbonyl (C=O) groups is 3. The molecule has 2 N–H and O–H groups in total. The van der Waals surface area contributed by atoms with E-state index < -0.39 is 17.2 Å². The van der Waals surface area contributed by atoms with Gasteiger partial charge in [-0.2, -0.15) is 5.26 Å². The highest BCUT2D eigenvalue weighted by Gasteiger charge is 2.63. The van der Waals surface area contributed by atoms with Gasteiger partial charge in [-0.05, 0) is 24.6 Å². The van der Waals surface area contributed by atoms with Gasteiger partial charge in [-0.25, -0.2) is 4.90 Å². The third-order valence-corrected chi connectivity index (χ3v) is 6.42. The average Bonchev–Trinajstić information content (AvgIpc) is 3.03. The zero-order chi connectivity index (χ0) is 22.6. The van der Waals surface area contributed by atoms with Gasteiger partial charge in [0.05, 0.1) is 21.8 Å². The van der Waals surface area contributed by atoms with Crippen LogP contribution in [-0.4, -0.2) is 17.6 Å². The number of para-hydroxylation sites is 1. The van der Waals surface area contributed by atoms with Crippen molar-refractivity contribution in [3.05, 3.63) is 87.5 Å². The summed E-state index contributed by atoms with van der Waals surface area (Å²) in [6, 6.07) is 15.0. The molecule has 0 unspecified atom stereocenters. The molecule has 2 aliphatic heterocycles. The lowest BCUT2D eigenvalue weighted by atomic mass is 9.65. The van der Waals surface area contributed by atoms with Crippen molar-refractivity contribution >= 4 is 34.9 Å². The third kappa shape index (κ3) is 2.44. The number of carbonyl (C=O) groups excluding carboxylic acids is 3. The molecule has 7 nitrogen and oxygen atoms in total. The first-order valence-corrected chi connectivity index (χ1v) is 10.4. The maximum Gasteiger partial charge on any atom is 0.266 e. The molecule has 0 radical (unpaired) electrons. The lowest BCUT2D eigenvalue weighted by Gasteiger charge is -2.37. The van der Waals surface area contributed by atoms with Crippen LogP contribution in [0.5, 0.6) is 0 Å². The number of nitrogens with zero attached hydrogens (tertiary/aromatic N) is 2. The summed E-state index contributed by atoms with van der Waals surface area (Å²) in [5, 5.41) is 10.2. The molecule has 0 saturated carbocycles. The fourth-order valence-corrected chi connectivity index (χ4v) is 5.00. The molecule has 1 atom stereocenters. The number of benzene rings is 2. The molecular formula is C24H16ClN3O4. The van der Waals surface area contributed by atoms with Crippen molar-refractivity contribution in [3.63, 3.8) is 0 Å². The molecule has 0 saturated heterocycles. The lowest BCUT2D eigenvalue weighted by Crippen LogP contribution is -2.50. The van der Waals surface area contributed by atoms with E-state index in [1.54, 1.807) is 42.5 Å². The number of nitriles is 1. The number of allylic oxidation sites excluding steroid dienone is 1. The summed E-state index contributed by atoms with van der Waals surface area (Å²) < 4.78 is 5.63. The SMILES string of the molecule is N#CC1=C(N)OC2=C(C(=O)CCC2)[C@]12C(=O)N(C(=O)c1ccccc1Cl)c1ccccc12. The van der Waals surface area contributed by atoms with E-state index >= 15 is 0 Å². The van der Waals surface area contributed by atoms with E-state index in [4.69, 9.17) is 22.1 Å². The fourth-order valence-electron chi connectivity index (χ4n) is 4.79. The van der Waals surface area contributed by atoms with Crippen LogP contribution in [0.4, 0.5) is 5.69 Å². The molecule has 8 heteroatoms. The number of hydrogen-bond donors (Lipinski definition) is 1. The van der Waals surface area contributed by atoms with Gasteiger partial charge in [0.2, 0.25) is 5.88 Å². The van der Waals surface area contributed by atoms with Gasteiger partial charge in [-0.15, -0.1) is 0 Å². The van der Waals surface area contributed by atoms with Crippen molar-refractivity contribution in [2.45, 2.75) is 24.7 Å². The van der Waals surface area contributed by atoms with Crippen LogP contribution < -0.4 is 10.6 Å². The summed E-state index contributed by atoms with van der Waals surface area (Å²) in [6.07, 6.45) is 1.15. The Bertz CT molecular complexity index is 1340. The van der Waals surface area contributed by atoms with Crippen LogP contribution in [0.1, 0.15) is 35.2 Å². The summed E-state index contributed by atoms with van der Waals surface area (Å²) in [6.45, 7) is 0. The summed E-state index contributed by atoms with van der Waals surface area (Å²) >= 11 is 6.24. The highest BCUT2D eigenvalue weighted by molar-refractivity contribution is 6.38. The topological polar surface area (TPSA) is 113 Å². The van der Waals surface area contributed by atoms with Gasteiger partial charge in [-0.3, -0.25) is 14.4 Å². The van der Waals surface area contributed by atoms with Gasteiger partial charge in [0.25, 0.3) is 11.8 Å². The Morgan fingerprint density at radius 3 is 2.59 bits per heavy atom. The minimum Gasteiger partial charge on any atom is -0.444 e. The first-order valence-electron chi connectivity index (χ1n) is 10.0. The molecule has 1 spiro atoms. The Morgan fingerprint density at radius 1 is 1.12 bits per heavy atom. The molecule has 32 heavy (non-hydrogen) atoms. The molecule has 3 aliphatic rings. The molecular weight excluding hydrogens is 430 g/mol. The Morgan fingerprint density at radius 2 is 1.84 bits per heavy atom. The predicted molar refractivity (Wildman–Crippen MR) is 115 cm³/mol. The number of ketones is 1. The van der Waals surface area contributed by atoms with Gasteiger partial charge in [0, 0.05) is 18.4 Å². The quantitative estimate of drug-likeness (QED) is 0.672. The zero-order valence-electron chi connectivity index (χ0n) is 16.7. The first kappa shape index (κ1) is 20.0. The second-order valence-electron chi connectivity index (χ2n) is 7.72. The van der Waals surface area contributed by atoms with Gasteiger partial charge in [0.15, 0.2) is 5.78 Å². The third-order valence-electron chi connectivity index (χ3n) is 6.09. The Kier molecular flexibility index (Phi) is 4.43. The van der Waals surface area contributed by atoms with E-state index in [-0.39, 0.29) is 51.3 Å². The van der Waals surface area contributed by atoms with Crippen molar-refractivity contribution < 1.29 is 19.1 Å². The van der Waals surface area contributed by atoms with E-state index in [0.29, 0.717) is 18.4 Å². The van der Waals surface area contributed by atoms with Crippen LogP contribution in [0.2, 0.25) is 5.02 Å². The smallest absolute Gasteiger partial charge is 0.266 e. The van der Waals surface area contributed by atoms with Crippen LogP contribution in [0, 0.1) is 11.3 Å². The molecule has 0 bridgehead atoms. The second kappa shape index (κ2) is 7.08. The Balaban J connectivity index is 1.83. The van der Waals surface area contributed by atoms with Crippen LogP contribution in [-0.2, 0) is 19.7 Å². The fraction of sp³-hybridized carbons (Fsp3) is 0.167. The Hall–Kier alpha value is -3.89. The maximum atomic E-state index is 14.2. The van der Waals surface area contributed by atoms with Gasteiger partial charge >= 0.3 is 0 Å². The highest BCUT2D eigenvalue weighted by Crippen LogP contribution is 2.55. The average molecular weight is 446 g/mol. The van der Waals surface area contributed by atoms with Crippen molar-refractivity contribution in [2.24, 2.45) is 5.73 Å². The number of fused-ring (bicyclic) bond motifs is 3. The molecule has 5 rings (SSSR count). The summed E-state index contributed by atoms with van der Waals surface area (Å²) in [4.78, 5) is 41.8. The number of hydrogen-bond acceptors (Lipinski definition) is 6. The standard InChI is InChI=1S/C24H16ClN3O4/c25-16-8-3-1-6-13(16)22(30)28-17-9-4-2-7-14(17)24(23(28)31)15(12-26)21(27)32-19-11-5-10-18(29)20(19)24/h1-4,6-9H,5,10-11,27H2/t24-/m1/s1. The number of ether oxygens (including phenoxy) is 1. The summed E-state index contributed by atoms with van der Waals surface area (Å²) in [5.74, 6) is -1.67. The first-order chi connectivity index (χ1) is 15.4. The number of nitrogens with two attached hydrogens (primary N) is 1. The van der Waals surface area contributed by atoms with Crippen molar-refractivity contribution in [1.29, 1.82) is 5.26 Å². The molecule has 2 aromatic carbocycles. The van der Waals surface area contributed by atoms with Gasteiger partial charge < -0.3 is 10.5 Å². The van der Waals surface area contributed by atoms with Crippen LogP contribution in [0.3, 0.4) is 0 Å². The molecule has 158 valence electrons. The Labute approximate surface area is 188 Å². The van der Waals surface area contributed by atoms with Crippen LogP contribution in [0.15, 0.2) is 71.3 Å². The van der Waals surface area contributed by atoms with E-state index in [0.717, 1.165) is 4.90 Å². The molecule has 0 fully saturated rings. The number of anilines is 1. The number of amides is 2. The molecule has 2 heterocycles. The molecule has 1 aliphatic carbocycles. The van der Waals surface area contributed by atoms with E-state index in [1.807, 2.05) is 6.07 Å². The van der Waals surface area contributed by atoms with Crippen molar-refractivity contribution in [3.8, 4) is 6.07 Å².